The van der Waals surface area contributed by atoms with Crippen LogP contribution in [-0.2, 0) is 0 Å². The summed E-state index contributed by atoms with van der Waals surface area (Å²) in [5.74, 6) is 0. The Kier molecular flexibility index (Phi) is 4.25. The Hall–Kier alpha value is -0.650. The van der Waals surface area contributed by atoms with Crippen LogP contribution in [0.2, 0.25) is 0 Å². The highest BCUT2D eigenvalue weighted by atomic mass is 32.1. The molecule has 1 saturated heterocycles. The van der Waals surface area contributed by atoms with E-state index < -0.39 is 0 Å². The van der Waals surface area contributed by atoms with Crippen molar-refractivity contribution in [3.05, 3.63) is 11.1 Å². The Labute approximate surface area is 114 Å². The zero-order valence-electron chi connectivity index (χ0n) is 11.6. The quantitative estimate of drug-likeness (QED) is 0.878. The van der Waals surface area contributed by atoms with E-state index in [1.54, 1.807) is 11.3 Å². The van der Waals surface area contributed by atoms with Gasteiger partial charge >= 0.3 is 0 Å². The molecule has 0 atom stereocenters. The first-order valence-electron chi connectivity index (χ1n) is 6.62. The van der Waals surface area contributed by atoms with Crippen LogP contribution in [0.3, 0.4) is 0 Å². The zero-order valence-corrected chi connectivity index (χ0v) is 12.4. The number of anilines is 1. The molecule has 1 aliphatic heterocycles. The summed E-state index contributed by atoms with van der Waals surface area (Å²) in [6.45, 7) is 9.46. The van der Waals surface area contributed by atoms with Gasteiger partial charge < -0.3 is 16.0 Å². The molecule has 1 aliphatic rings. The number of aromatic nitrogens is 1. The molecule has 0 bridgehead atoms. The number of hydrogen-bond acceptors (Lipinski definition) is 5. The van der Waals surface area contributed by atoms with Crippen LogP contribution in [0.25, 0.3) is 0 Å². The van der Waals surface area contributed by atoms with E-state index in [1.165, 1.54) is 12.8 Å². The summed E-state index contributed by atoms with van der Waals surface area (Å²) in [6, 6.07) is 0.563. The second-order valence-electron chi connectivity index (χ2n) is 5.98. The van der Waals surface area contributed by atoms with Gasteiger partial charge in [-0.1, -0.05) is 0 Å². The van der Waals surface area contributed by atoms with Crippen molar-refractivity contribution in [3.8, 4) is 0 Å². The fourth-order valence-corrected chi connectivity index (χ4v) is 3.17. The van der Waals surface area contributed by atoms with Crippen LogP contribution in [0.15, 0.2) is 5.38 Å². The van der Waals surface area contributed by atoms with Crippen LogP contribution in [-0.4, -0.2) is 41.1 Å². The largest absolute Gasteiger partial charge is 0.359 e. The van der Waals surface area contributed by atoms with E-state index >= 15 is 0 Å². The van der Waals surface area contributed by atoms with Crippen molar-refractivity contribution < 1.29 is 0 Å². The van der Waals surface area contributed by atoms with Gasteiger partial charge in [-0.3, -0.25) is 0 Å². The van der Waals surface area contributed by atoms with Gasteiger partial charge in [0.1, 0.15) is 0 Å². The van der Waals surface area contributed by atoms with E-state index in [-0.39, 0.29) is 5.54 Å². The SMILES string of the molecule is Cc1csc(NC2CCN(CC(C)(C)N)CC2)n1. The maximum Gasteiger partial charge on any atom is 0.183 e. The molecule has 3 N–H and O–H groups in total. The number of rotatable bonds is 4. The highest BCUT2D eigenvalue weighted by Gasteiger charge is 2.23. The van der Waals surface area contributed by atoms with Crippen molar-refractivity contribution >= 4 is 16.5 Å². The highest BCUT2D eigenvalue weighted by molar-refractivity contribution is 7.13. The van der Waals surface area contributed by atoms with Crippen molar-refractivity contribution in [2.75, 3.05) is 25.0 Å². The summed E-state index contributed by atoms with van der Waals surface area (Å²) >= 11 is 1.70. The third kappa shape index (κ3) is 4.23. The minimum absolute atomic E-state index is 0.0906. The first-order valence-corrected chi connectivity index (χ1v) is 7.50. The molecule has 4 nitrogen and oxygen atoms in total. The molecular weight excluding hydrogens is 244 g/mol. The number of thiazole rings is 1. The Balaban J connectivity index is 1.77. The summed E-state index contributed by atoms with van der Waals surface area (Å²) in [5, 5.41) is 6.69. The van der Waals surface area contributed by atoms with Crippen LogP contribution in [0.5, 0.6) is 0 Å². The number of nitrogens with one attached hydrogen (secondary N) is 1. The standard InChI is InChI=1S/C13H24N4S/c1-10-8-18-12(15-10)16-11-4-6-17(7-5-11)9-13(2,3)14/h8,11H,4-7,9,14H2,1-3H3,(H,15,16). The number of aryl methyl sites for hydroxylation is 1. The Morgan fingerprint density at radius 2 is 2.17 bits per heavy atom. The molecule has 0 unspecified atom stereocenters. The molecule has 5 heteroatoms. The Morgan fingerprint density at radius 3 is 2.67 bits per heavy atom. The van der Waals surface area contributed by atoms with Crippen LogP contribution in [0.4, 0.5) is 5.13 Å². The zero-order chi connectivity index (χ0) is 13.2. The molecule has 18 heavy (non-hydrogen) atoms. The van der Waals surface area contributed by atoms with Crippen LogP contribution >= 0.6 is 11.3 Å². The number of hydrogen-bond donors (Lipinski definition) is 2. The molecule has 0 spiro atoms. The molecule has 1 aromatic heterocycles. The normalized spacial score (nSPS) is 19.1. The van der Waals surface area contributed by atoms with Crippen molar-refractivity contribution in [1.82, 2.24) is 9.88 Å². The molecule has 2 heterocycles. The lowest BCUT2D eigenvalue weighted by molar-refractivity contribution is 0.184. The van der Waals surface area contributed by atoms with Crippen LogP contribution in [0, 0.1) is 6.92 Å². The monoisotopic (exact) mass is 268 g/mol. The van der Waals surface area contributed by atoms with Gasteiger partial charge in [0.2, 0.25) is 0 Å². The summed E-state index contributed by atoms with van der Waals surface area (Å²) in [4.78, 5) is 6.92. The average Bonchev–Trinajstić information content (AvgIpc) is 2.65. The summed E-state index contributed by atoms with van der Waals surface area (Å²) in [5.41, 5.74) is 7.07. The second kappa shape index (κ2) is 5.55. The predicted octanol–water partition coefficient (Wildman–Crippen LogP) is 2.07. The lowest BCUT2D eigenvalue weighted by Gasteiger charge is -2.36. The Bertz CT molecular complexity index is 375. The van der Waals surface area contributed by atoms with E-state index in [4.69, 9.17) is 5.73 Å². The van der Waals surface area contributed by atoms with Crippen molar-refractivity contribution in [2.24, 2.45) is 5.73 Å². The lowest BCUT2D eigenvalue weighted by Crippen LogP contribution is -2.49. The topological polar surface area (TPSA) is 54.2 Å². The highest BCUT2D eigenvalue weighted by Crippen LogP contribution is 2.20. The van der Waals surface area contributed by atoms with Gasteiger partial charge in [-0.15, -0.1) is 11.3 Å². The molecule has 1 aromatic rings. The smallest absolute Gasteiger partial charge is 0.183 e. The van der Waals surface area contributed by atoms with Crippen molar-refractivity contribution in [2.45, 2.75) is 45.2 Å². The molecular formula is C13H24N4S. The van der Waals surface area contributed by atoms with Crippen LogP contribution < -0.4 is 11.1 Å². The van der Waals surface area contributed by atoms with E-state index in [9.17, 15) is 0 Å². The summed E-state index contributed by atoms with van der Waals surface area (Å²) in [6.07, 6.45) is 2.35. The van der Waals surface area contributed by atoms with Crippen molar-refractivity contribution in [1.29, 1.82) is 0 Å². The lowest BCUT2D eigenvalue weighted by atomic mass is 10.0. The average molecular weight is 268 g/mol. The fraction of sp³-hybridized carbons (Fsp3) is 0.769. The maximum atomic E-state index is 6.06. The first kappa shape index (κ1) is 13.8. The van der Waals surface area contributed by atoms with Gasteiger partial charge in [-0.05, 0) is 33.6 Å². The van der Waals surface area contributed by atoms with Gasteiger partial charge in [0.15, 0.2) is 5.13 Å². The second-order valence-corrected chi connectivity index (χ2v) is 6.84. The molecule has 2 rings (SSSR count). The van der Waals surface area contributed by atoms with Gasteiger partial charge in [0.25, 0.3) is 0 Å². The third-order valence-corrected chi connectivity index (χ3v) is 4.06. The summed E-state index contributed by atoms with van der Waals surface area (Å²) < 4.78 is 0. The molecule has 1 fully saturated rings. The van der Waals surface area contributed by atoms with Crippen LogP contribution in [0.1, 0.15) is 32.4 Å². The fourth-order valence-electron chi connectivity index (χ4n) is 2.41. The molecule has 0 aromatic carbocycles. The van der Waals surface area contributed by atoms with Crippen molar-refractivity contribution in [3.63, 3.8) is 0 Å². The maximum absolute atomic E-state index is 6.06. The first-order chi connectivity index (χ1) is 8.42. The molecule has 102 valence electrons. The number of piperidine rings is 1. The molecule has 0 radical (unpaired) electrons. The van der Waals surface area contributed by atoms with Gasteiger partial charge in [0.05, 0.1) is 5.69 Å². The minimum atomic E-state index is -0.0906. The summed E-state index contributed by atoms with van der Waals surface area (Å²) in [7, 11) is 0. The van der Waals surface area contributed by atoms with E-state index in [2.05, 4.69) is 34.4 Å². The minimum Gasteiger partial charge on any atom is -0.359 e. The molecule has 0 amide bonds. The predicted molar refractivity (Wildman–Crippen MR) is 78.2 cm³/mol. The molecule has 0 saturated carbocycles. The van der Waals surface area contributed by atoms with E-state index in [0.717, 1.165) is 30.5 Å². The van der Waals surface area contributed by atoms with Gasteiger partial charge in [-0.2, -0.15) is 0 Å². The number of likely N-dealkylation sites (tertiary alicyclic amines) is 1. The third-order valence-electron chi connectivity index (χ3n) is 3.17. The van der Waals surface area contributed by atoms with Gasteiger partial charge in [0, 0.05) is 36.6 Å². The number of nitrogens with two attached hydrogens (primary N) is 1. The Morgan fingerprint density at radius 1 is 1.50 bits per heavy atom. The van der Waals surface area contributed by atoms with Gasteiger partial charge in [-0.25, -0.2) is 4.98 Å². The number of nitrogens with zero attached hydrogens (tertiary/aromatic N) is 2. The van der Waals surface area contributed by atoms with E-state index in [1.807, 2.05) is 6.92 Å². The molecule has 0 aliphatic carbocycles. The van der Waals surface area contributed by atoms with E-state index in [0.29, 0.717) is 6.04 Å².